The van der Waals surface area contributed by atoms with Gasteiger partial charge in [0.2, 0.25) is 0 Å². The Morgan fingerprint density at radius 3 is 1.44 bits per heavy atom. The van der Waals surface area contributed by atoms with Gasteiger partial charge >= 0.3 is 0 Å². The molecule has 0 spiro atoms. The number of unbranched alkanes of at least 4 members (excludes halogenated alkanes) is 11. The summed E-state index contributed by atoms with van der Waals surface area (Å²) >= 11 is 0. The summed E-state index contributed by atoms with van der Waals surface area (Å²) in [6, 6.07) is 0. The summed E-state index contributed by atoms with van der Waals surface area (Å²) in [4.78, 5) is 0. The second-order valence-corrected chi connectivity index (χ2v) is 9.46. The van der Waals surface area contributed by atoms with Crippen molar-refractivity contribution in [3.05, 3.63) is 0 Å². The summed E-state index contributed by atoms with van der Waals surface area (Å²) in [5.74, 6) is 0. The highest BCUT2D eigenvalue weighted by atomic mass is 32.0. The Kier molecular flexibility index (Phi) is 24.5. The topological polar surface area (TPSA) is 18.5 Å². The van der Waals surface area contributed by atoms with E-state index in [9.17, 15) is 0 Å². The van der Waals surface area contributed by atoms with Gasteiger partial charge in [-0.15, -0.1) is 0 Å². The van der Waals surface area contributed by atoms with E-state index in [1.54, 1.807) is 0 Å². The van der Waals surface area contributed by atoms with Crippen molar-refractivity contribution in [1.29, 1.82) is 0 Å². The molecular weight excluding hydrogens is 389 g/mol. The molecule has 0 rings (SSSR count). The van der Waals surface area contributed by atoms with Gasteiger partial charge < -0.3 is 9.05 Å². The van der Waals surface area contributed by atoms with Crippen molar-refractivity contribution in [3.63, 3.8) is 0 Å². The molecule has 27 heavy (non-hydrogen) atoms. The van der Waals surface area contributed by atoms with Crippen molar-refractivity contribution >= 4 is 26.9 Å². The van der Waals surface area contributed by atoms with Gasteiger partial charge in [0.25, 0.3) is 0 Å². The molecule has 0 radical (unpaired) electrons. The van der Waals surface area contributed by atoms with E-state index in [0.29, 0.717) is 20.7 Å². The minimum Gasteiger partial charge on any atom is -0.362 e. The SMILES string of the molecule is CCCCCC(CCCCCCCCCCCCC(CCC)OP)OPP. The lowest BCUT2D eigenvalue weighted by Gasteiger charge is -2.16. The standard InChI is InChI=1S/C22H49O2P3/c1-3-5-14-19-22(24-27-26)20-16-13-11-9-7-6-8-10-12-15-18-21(23-25)17-4-2/h21-22,27H,3-20,25-26H2,1-2H3. The molecule has 0 aromatic heterocycles. The minimum atomic E-state index is 0.466. The Morgan fingerprint density at radius 2 is 1.04 bits per heavy atom. The fourth-order valence-electron chi connectivity index (χ4n) is 3.74. The average Bonchev–Trinajstić information content (AvgIpc) is 2.68. The first-order valence-electron chi connectivity index (χ1n) is 11.7. The fraction of sp³-hybridized carbons (Fsp3) is 1.00. The van der Waals surface area contributed by atoms with Gasteiger partial charge in [0.1, 0.15) is 0 Å². The largest absolute Gasteiger partial charge is 0.362 e. The summed E-state index contributed by atoms with van der Waals surface area (Å²) in [6.07, 6.45) is 25.1. The van der Waals surface area contributed by atoms with Crippen LogP contribution in [0.2, 0.25) is 0 Å². The quantitative estimate of drug-likeness (QED) is 0.124. The van der Waals surface area contributed by atoms with Crippen LogP contribution in [0.1, 0.15) is 129 Å². The highest BCUT2D eigenvalue weighted by Gasteiger charge is 2.08. The van der Waals surface area contributed by atoms with Gasteiger partial charge in [0.05, 0.1) is 12.2 Å². The molecule has 5 atom stereocenters. The molecule has 0 bridgehead atoms. The minimum absolute atomic E-state index is 0.466. The maximum Gasteiger partial charge on any atom is 0.0618 e. The Labute approximate surface area is 177 Å². The Morgan fingerprint density at radius 1 is 0.593 bits per heavy atom. The summed E-state index contributed by atoms with van der Waals surface area (Å²) in [5.41, 5.74) is 0. The van der Waals surface area contributed by atoms with Crippen molar-refractivity contribution in [2.24, 2.45) is 0 Å². The molecule has 2 nitrogen and oxygen atoms in total. The maximum atomic E-state index is 5.90. The highest BCUT2D eigenvalue weighted by molar-refractivity contribution is 8.00. The molecule has 0 saturated carbocycles. The smallest absolute Gasteiger partial charge is 0.0618 e. The van der Waals surface area contributed by atoms with E-state index in [-0.39, 0.29) is 0 Å². The maximum absolute atomic E-state index is 5.90. The van der Waals surface area contributed by atoms with E-state index in [1.807, 2.05) is 0 Å². The van der Waals surface area contributed by atoms with Crippen LogP contribution in [0.5, 0.6) is 0 Å². The van der Waals surface area contributed by atoms with Gasteiger partial charge in [-0.25, -0.2) is 0 Å². The van der Waals surface area contributed by atoms with Crippen molar-refractivity contribution in [2.75, 3.05) is 0 Å². The van der Waals surface area contributed by atoms with Crippen LogP contribution in [0.3, 0.4) is 0 Å². The van der Waals surface area contributed by atoms with Crippen molar-refractivity contribution in [3.8, 4) is 0 Å². The van der Waals surface area contributed by atoms with E-state index < -0.39 is 0 Å². The summed E-state index contributed by atoms with van der Waals surface area (Å²) in [7, 11) is 5.74. The predicted molar refractivity (Wildman–Crippen MR) is 132 cm³/mol. The summed E-state index contributed by atoms with van der Waals surface area (Å²) in [5, 5.41) is 0. The third-order valence-corrected chi connectivity index (χ3v) is 6.73. The van der Waals surface area contributed by atoms with Crippen LogP contribution in [0, 0.1) is 0 Å². The fourth-order valence-corrected chi connectivity index (χ4v) is 5.02. The van der Waals surface area contributed by atoms with Crippen molar-refractivity contribution in [1.82, 2.24) is 0 Å². The van der Waals surface area contributed by atoms with Gasteiger partial charge in [-0.1, -0.05) is 113 Å². The monoisotopic (exact) mass is 438 g/mol. The van der Waals surface area contributed by atoms with E-state index >= 15 is 0 Å². The van der Waals surface area contributed by atoms with Crippen LogP contribution in [0.15, 0.2) is 0 Å². The molecule has 0 aliphatic rings. The molecule has 0 amide bonds. The van der Waals surface area contributed by atoms with E-state index in [0.717, 1.165) is 0 Å². The second kappa shape index (κ2) is 23.5. The van der Waals surface area contributed by atoms with Gasteiger partial charge in [-0.2, -0.15) is 0 Å². The Bertz CT molecular complexity index is 280. The number of hydrogen-bond acceptors (Lipinski definition) is 2. The van der Waals surface area contributed by atoms with E-state index in [4.69, 9.17) is 9.05 Å². The van der Waals surface area contributed by atoms with Crippen LogP contribution in [0.25, 0.3) is 0 Å². The molecule has 5 unspecified atom stereocenters. The molecule has 0 fully saturated rings. The lowest BCUT2D eigenvalue weighted by atomic mass is 10.0. The highest BCUT2D eigenvalue weighted by Crippen LogP contribution is 2.28. The lowest BCUT2D eigenvalue weighted by Crippen LogP contribution is -2.07. The lowest BCUT2D eigenvalue weighted by molar-refractivity contribution is 0.203. The van der Waals surface area contributed by atoms with Gasteiger partial charge in [0, 0.05) is 18.0 Å². The molecular formula is C22H49O2P3. The van der Waals surface area contributed by atoms with Crippen LogP contribution in [0.4, 0.5) is 0 Å². The number of rotatable bonds is 22. The van der Waals surface area contributed by atoms with Crippen molar-refractivity contribution in [2.45, 2.75) is 142 Å². The van der Waals surface area contributed by atoms with Gasteiger partial charge in [-0.3, -0.25) is 0 Å². The third-order valence-electron chi connectivity index (χ3n) is 5.47. The van der Waals surface area contributed by atoms with Gasteiger partial charge in [0.15, 0.2) is 0 Å². The normalized spacial score (nSPS) is 14.2. The molecule has 5 heteroatoms. The molecule has 0 N–H and O–H groups in total. The molecule has 0 saturated heterocycles. The van der Waals surface area contributed by atoms with Crippen LogP contribution >= 0.6 is 26.9 Å². The average molecular weight is 439 g/mol. The zero-order valence-corrected chi connectivity index (χ0v) is 21.7. The summed E-state index contributed by atoms with van der Waals surface area (Å²) in [6.45, 7) is 4.51. The van der Waals surface area contributed by atoms with Crippen LogP contribution < -0.4 is 0 Å². The van der Waals surface area contributed by atoms with E-state index in [2.05, 4.69) is 32.2 Å². The molecule has 0 aliphatic carbocycles. The Hall–Kier alpha value is 1.21. The van der Waals surface area contributed by atoms with Gasteiger partial charge in [-0.05, 0) is 25.7 Å². The predicted octanol–water partition coefficient (Wildman–Crippen LogP) is 8.99. The third kappa shape index (κ3) is 20.3. The van der Waals surface area contributed by atoms with Crippen LogP contribution in [-0.4, -0.2) is 12.2 Å². The first-order chi connectivity index (χ1) is 13.3. The summed E-state index contributed by atoms with van der Waals surface area (Å²) < 4.78 is 11.3. The van der Waals surface area contributed by atoms with Crippen LogP contribution in [-0.2, 0) is 9.05 Å². The van der Waals surface area contributed by atoms with E-state index in [1.165, 1.54) is 116 Å². The first kappa shape index (κ1) is 28.2. The first-order valence-corrected chi connectivity index (χ1v) is 14.9. The van der Waals surface area contributed by atoms with Crippen molar-refractivity contribution < 1.29 is 9.05 Å². The second-order valence-electron chi connectivity index (χ2n) is 8.01. The molecule has 164 valence electrons. The number of hydrogen-bond donors (Lipinski definition) is 0. The molecule has 0 aromatic rings. The zero-order chi connectivity index (χ0) is 20.0. The molecule has 0 aliphatic heterocycles. The molecule has 0 heterocycles. The Balaban J connectivity index is 3.36. The molecule has 0 aromatic carbocycles. The zero-order valence-electron chi connectivity index (χ0n) is 18.4.